The Morgan fingerprint density at radius 2 is 1.78 bits per heavy atom. The van der Waals surface area contributed by atoms with Gasteiger partial charge in [0.1, 0.15) is 22.8 Å². The maximum atomic E-state index is 13.6. The highest BCUT2D eigenvalue weighted by molar-refractivity contribution is 6.28. The molecule has 0 radical (unpaired) electrons. The predicted octanol–water partition coefficient (Wildman–Crippen LogP) is 0.222. The van der Waals surface area contributed by atoms with Crippen LogP contribution < -0.4 is 5.90 Å². The normalized spacial score (nSPS) is 29.7. The van der Waals surface area contributed by atoms with Crippen LogP contribution in [0.5, 0.6) is 5.75 Å². The van der Waals surface area contributed by atoms with Crippen LogP contribution in [0.4, 0.5) is 0 Å². The van der Waals surface area contributed by atoms with Crippen molar-refractivity contribution in [3.8, 4) is 5.75 Å². The molecular formula is C22H22N2O8. The molecule has 6 N–H and O–H groups in total. The molecule has 3 aliphatic rings. The molecule has 4 rings (SSSR count). The SMILES string of the molecule is C=C1c2cccc(O)c2C(O)=C2C(=O)C3C(=O)C(C(=O)ON)=C(O)[C@@H](N(C)C)C3C(O)[C@H]12. The molecule has 0 heterocycles. The zero-order chi connectivity index (χ0) is 23.6. The fourth-order valence-electron chi connectivity index (χ4n) is 5.22. The van der Waals surface area contributed by atoms with Crippen LogP contribution in [0.2, 0.25) is 0 Å². The number of ketones is 2. The molecule has 0 aromatic heterocycles. The van der Waals surface area contributed by atoms with E-state index in [0.717, 1.165) is 0 Å². The molecule has 1 saturated carbocycles. The molecule has 1 aromatic rings. The quantitative estimate of drug-likeness (QED) is 0.242. The summed E-state index contributed by atoms with van der Waals surface area (Å²) in [6.45, 7) is 3.97. The first-order valence-electron chi connectivity index (χ1n) is 9.76. The number of phenolic OH excluding ortho intramolecular Hbond substituents is 1. The summed E-state index contributed by atoms with van der Waals surface area (Å²) < 4.78 is 0. The number of hydrogen-bond donors (Lipinski definition) is 5. The average molecular weight is 442 g/mol. The van der Waals surface area contributed by atoms with E-state index in [9.17, 15) is 34.8 Å². The van der Waals surface area contributed by atoms with Crippen molar-refractivity contribution in [2.24, 2.45) is 23.7 Å². The van der Waals surface area contributed by atoms with Gasteiger partial charge < -0.3 is 25.3 Å². The summed E-state index contributed by atoms with van der Waals surface area (Å²) in [6.07, 6.45) is -1.44. The first-order valence-corrected chi connectivity index (χ1v) is 9.76. The van der Waals surface area contributed by atoms with E-state index in [1.165, 1.54) is 17.0 Å². The van der Waals surface area contributed by atoms with E-state index in [1.54, 1.807) is 20.2 Å². The van der Waals surface area contributed by atoms with Crippen molar-refractivity contribution < 1.29 is 39.6 Å². The van der Waals surface area contributed by atoms with Crippen LogP contribution >= 0.6 is 0 Å². The molecule has 0 saturated heterocycles. The van der Waals surface area contributed by atoms with E-state index in [-0.39, 0.29) is 22.5 Å². The second-order valence-electron chi connectivity index (χ2n) is 8.31. The Hall–Kier alpha value is -3.47. The molecule has 1 fully saturated rings. The van der Waals surface area contributed by atoms with Crippen LogP contribution in [0, 0.1) is 17.8 Å². The van der Waals surface area contributed by atoms with E-state index in [4.69, 9.17) is 5.90 Å². The minimum absolute atomic E-state index is 0.0323. The monoisotopic (exact) mass is 442 g/mol. The molecule has 10 heteroatoms. The number of benzene rings is 1. The van der Waals surface area contributed by atoms with Crippen molar-refractivity contribution in [2.75, 3.05) is 14.1 Å². The largest absolute Gasteiger partial charge is 0.510 e. The number of carbonyl (C=O) groups excluding carboxylic acids is 3. The van der Waals surface area contributed by atoms with E-state index >= 15 is 0 Å². The number of nitrogens with two attached hydrogens (primary N) is 1. The van der Waals surface area contributed by atoms with Crippen molar-refractivity contribution in [1.29, 1.82) is 0 Å². The van der Waals surface area contributed by atoms with E-state index in [1.807, 2.05) is 0 Å². The van der Waals surface area contributed by atoms with Gasteiger partial charge in [-0.2, -0.15) is 5.90 Å². The highest BCUT2D eigenvalue weighted by Crippen LogP contribution is 2.53. The number of phenols is 1. The van der Waals surface area contributed by atoms with E-state index in [2.05, 4.69) is 11.4 Å². The zero-order valence-electron chi connectivity index (χ0n) is 17.3. The first kappa shape index (κ1) is 21.8. The molecule has 1 aromatic carbocycles. The molecule has 32 heavy (non-hydrogen) atoms. The summed E-state index contributed by atoms with van der Waals surface area (Å²) in [5.41, 5.74) is -0.495. The number of likely N-dealkylation sites (N-methyl/N-ethyl adjacent to an activating group) is 1. The molecule has 0 amide bonds. The number of aliphatic hydroxyl groups excluding tert-OH is 3. The smallest absolute Gasteiger partial charge is 0.363 e. The summed E-state index contributed by atoms with van der Waals surface area (Å²) in [6, 6.07) is 3.33. The Balaban J connectivity index is 1.99. The molecule has 0 spiro atoms. The summed E-state index contributed by atoms with van der Waals surface area (Å²) in [5, 5.41) is 43.3. The van der Waals surface area contributed by atoms with Crippen molar-refractivity contribution in [2.45, 2.75) is 12.1 Å². The molecule has 0 bridgehead atoms. The lowest BCUT2D eigenvalue weighted by molar-refractivity contribution is -0.147. The Labute approximate surface area is 182 Å². The number of fused-ring (bicyclic) bond motifs is 3. The third kappa shape index (κ3) is 2.67. The van der Waals surface area contributed by atoms with Gasteiger partial charge in [-0.05, 0) is 31.3 Å². The van der Waals surface area contributed by atoms with Gasteiger partial charge in [0, 0.05) is 17.4 Å². The van der Waals surface area contributed by atoms with Gasteiger partial charge in [-0.25, -0.2) is 4.79 Å². The molecule has 3 unspecified atom stereocenters. The maximum absolute atomic E-state index is 13.6. The second-order valence-corrected chi connectivity index (χ2v) is 8.31. The minimum Gasteiger partial charge on any atom is -0.510 e. The number of carbonyl (C=O) groups is 3. The lowest BCUT2D eigenvalue weighted by Crippen LogP contribution is -2.60. The lowest BCUT2D eigenvalue weighted by atomic mass is 9.57. The summed E-state index contributed by atoms with van der Waals surface area (Å²) in [5.74, 6) is -3.72. The number of Topliss-reactive ketones (excluding diaryl/α,β-unsaturated/α-hetero) is 2. The standard InChI is InChI=1S/C22H22N2O8/c1-7-8-5-4-6-9(25)11(8)18(27)13-10(7)17(26)12-14(19(13)28)20(29)15(22(31)32-23)21(30)16(12)24(2)3/h4-6,10,12,14,16-17,25-27,30H,1,23H2,2-3H3/t10-,12?,14?,16+,17?/m1/s1. The lowest BCUT2D eigenvalue weighted by Gasteiger charge is -2.49. The van der Waals surface area contributed by atoms with Gasteiger partial charge in [-0.3, -0.25) is 14.5 Å². The van der Waals surface area contributed by atoms with Crippen LogP contribution in [0.1, 0.15) is 11.1 Å². The van der Waals surface area contributed by atoms with Crippen LogP contribution in [-0.2, 0) is 19.2 Å². The van der Waals surface area contributed by atoms with Crippen molar-refractivity contribution in [1.82, 2.24) is 4.90 Å². The van der Waals surface area contributed by atoms with Gasteiger partial charge in [0.05, 0.1) is 23.6 Å². The van der Waals surface area contributed by atoms with Crippen LogP contribution in [-0.4, -0.2) is 69.1 Å². The fraction of sp³-hybridized carbons (Fsp3) is 0.318. The van der Waals surface area contributed by atoms with Crippen molar-refractivity contribution in [3.05, 3.63) is 52.8 Å². The van der Waals surface area contributed by atoms with E-state index in [0.29, 0.717) is 5.56 Å². The topological polar surface area (TPSA) is 171 Å². The highest BCUT2D eigenvalue weighted by Gasteiger charge is 2.60. The zero-order valence-corrected chi connectivity index (χ0v) is 17.3. The van der Waals surface area contributed by atoms with Crippen molar-refractivity contribution >= 4 is 28.9 Å². The minimum atomic E-state index is -1.60. The average Bonchev–Trinajstić information content (AvgIpc) is 2.73. The summed E-state index contributed by atoms with van der Waals surface area (Å²) >= 11 is 0. The molecule has 0 aliphatic heterocycles. The number of hydrogen-bond acceptors (Lipinski definition) is 10. The van der Waals surface area contributed by atoms with Gasteiger partial charge in [-0.15, -0.1) is 0 Å². The van der Waals surface area contributed by atoms with Crippen LogP contribution in [0.15, 0.2) is 41.7 Å². The Morgan fingerprint density at radius 3 is 2.38 bits per heavy atom. The predicted molar refractivity (Wildman–Crippen MR) is 111 cm³/mol. The highest BCUT2D eigenvalue weighted by atomic mass is 16.7. The fourth-order valence-corrected chi connectivity index (χ4v) is 5.22. The Kier molecular flexibility index (Phi) is 4.96. The summed E-state index contributed by atoms with van der Waals surface area (Å²) in [4.78, 5) is 44.5. The van der Waals surface area contributed by atoms with Gasteiger partial charge in [-0.1, -0.05) is 18.7 Å². The second kappa shape index (κ2) is 7.30. The molecule has 10 nitrogen and oxygen atoms in total. The van der Waals surface area contributed by atoms with Gasteiger partial charge in [0.15, 0.2) is 11.6 Å². The van der Waals surface area contributed by atoms with Gasteiger partial charge in [0.25, 0.3) is 0 Å². The molecule has 5 atom stereocenters. The van der Waals surface area contributed by atoms with Gasteiger partial charge >= 0.3 is 5.97 Å². The van der Waals surface area contributed by atoms with Crippen LogP contribution in [0.3, 0.4) is 0 Å². The number of aromatic hydroxyl groups is 1. The molecule has 168 valence electrons. The van der Waals surface area contributed by atoms with E-state index < -0.39 is 64.5 Å². The number of aliphatic hydroxyl groups is 3. The third-order valence-electron chi connectivity index (χ3n) is 6.53. The molecular weight excluding hydrogens is 420 g/mol. The Bertz CT molecular complexity index is 1150. The van der Waals surface area contributed by atoms with Crippen molar-refractivity contribution in [3.63, 3.8) is 0 Å². The third-order valence-corrected chi connectivity index (χ3v) is 6.53. The Morgan fingerprint density at radius 1 is 1.12 bits per heavy atom. The number of rotatable bonds is 2. The first-order chi connectivity index (χ1) is 15.0. The maximum Gasteiger partial charge on any atom is 0.363 e. The number of nitrogens with zero attached hydrogens (tertiary/aromatic N) is 1. The van der Waals surface area contributed by atoms with Gasteiger partial charge in [0.2, 0.25) is 0 Å². The summed E-state index contributed by atoms with van der Waals surface area (Å²) in [7, 11) is 3.09. The van der Waals surface area contributed by atoms with Crippen LogP contribution in [0.25, 0.3) is 11.3 Å². The molecule has 3 aliphatic carbocycles.